The maximum absolute atomic E-state index is 6.59. The molecular weight excluding hydrogens is 949 g/mol. The molecule has 0 spiro atoms. The van der Waals surface area contributed by atoms with Crippen LogP contribution in [-0.4, -0.2) is 19.9 Å². The van der Waals surface area contributed by atoms with Gasteiger partial charge in [-0.05, 0) is 108 Å². The van der Waals surface area contributed by atoms with E-state index < -0.39 is 0 Å². The number of ether oxygens (including phenoxy) is 1. The number of aromatic nitrogens is 4. The van der Waals surface area contributed by atoms with E-state index in [1.165, 1.54) is 9.79 Å². The minimum atomic E-state index is 0.594. The molecule has 0 aliphatic carbocycles. The van der Waals surface area contributed by atoms with Gasteiger partial charge < -0.3 is 14.5 Å². The third kappa shape index (κ3) is 8.42. The Morgan fingerprint density at radius 1 is 0.263 bits per heavy atom. The summed E-state index contributed by atoms with van der Waals surface area (Å²) in [6, 6.07) is 92.7. The molecule has 0 bridgehead atoms. The fraction of sp³-hybridized carbons (Fsp3) is 0. The highest BCUT2D eigenvalue weighted by molar-refractivity contribution is 7.99. The van der Waals surface area contributed by atoms with E-state index >= 15 is 0 Å². The van der Waals surface area contributed by atoms with Crippen LogP contribution in [-0.2, 0) is 0 Å². The average Bonchev–Trinajstić information content (AvgIpc) is 3.55. The smallest absolute Gasteiger partial charge is 0.160 e. The van der Waals surface area contributed by atoms with Crippen molar-refractivity contribution in [2.75, 3.05) is 9.80 Å². The largest absolute Gasteiger partial charge is 0.453 e. The molecule has 8 heteroatoms. The lowest BCUT2D eigenvalue weighted by molar-refractivity contribution is 0.477. The zero-order valence-corrected chi connectivity index (χ0v) is 41.7. The summed E-state index contributed by atoms with van der Waals surface area (Å²) in [5, 5.41) is 0. The molecule has 7 nitrogen and oxygen atoms in total. The summed E-state index contributed by atoms with van der Waals surface area (Å²) in [7, 11) is 0. The van der Waals surface area contributed by atoms with Crippen molar-refractivity contribution in [3.05, 3.63) is 267 Å². The van der Waals surface area contributed by atoms with Crippen LogP contribution in [0.25, 0.3) is 78.9 Å². The molecule has 0 radical (unpaired) electrons. The first-order valence-corrected chi connectivity index (χ1v) is 26.1. The van der Waals surface area contributed by atoms with Crippen LogP contribution in [0, 0.1) is 0 Å². The predicted octanol–water partition coefficient (Wildman–Crippen LogP) is 18.4. The molecule has 0 saturated carbocycles. The number of hydrogen-bond donors (Lipinski definition) is 0. The van der Waals surface area contributed by atoms with E-state index in [1.54, 1.807) is 11.8 Å². The van der Waals surface area contributed by atoms with Crippen molar-refractivity contribution in [2.24, 2.45) is 0 Å². The van der Waals surface area contributed by atoms with Crippen molar-refractivity contribution >= 4 is 45.9 Å². The summed E-state index contributed by atoms with van der Waals surface area (Å²) in [6.07, 6.45) is 0. The summed E-state index contributed by atoms with van der Waals surface area (Å²) in [4.78, 5) is 28.7. The van der Waals surface area contributed by atoms with Gasteiger partial charge in [0.1, 0.15) is 0 Å². The summed E-state index contributed by atoms with van der Waals surface area (Å²) in [5.41, 5.74) is 16.8. The van der Waals surface area contributed by atoms with E-state index in [1.807, 2.05) is 48.5 Å². The average molecular weight is 993 g/mol. The summed E-state index contributed by atoms with van der Waals surface area (Å²) >= 11 is 1.79. The molecule has 0 unspecified atom stereocenters. The molecule has 0 saturated heterocycles. The van der Waals surface area contributed by atoms with Gasteiger partial charge in [0.25, 0.3) is 0 Å². The van der Waals surface area contributed by atoms with Gasteiger partial charge in [0, 0.05) is 54.5 Å². The number of para-hydroxylation sites is 6. The second-order valence-corrected chi connectivity index (χ2v) is 19.8. The highest BCUT2D eigenvalue weighted by Crippen LogP contribution is 2.54. The van der Waals surface area contributed by atoms with Gasteiger partial charge in [-0.2, -0.15) is 0 Å². The summed E-state index contributed by atoms with van der Waals surface area (Å²) in [5.74, 6) is 2.72. The molecule has 2 aromatic heterocycles. The highest BCUT2D eigenvalue weighted by Gasteiger charge is 2.29. The first-order valence-electron chi connectivity index (χ1n) is 25.3. The fourth-order valence-electron chi connectivity index (χ4n) is 10.2. The molecule has 2 aliphatic rings. The van der Waals surface area contributed by atoms with Crippen molar-refractivity contribution in [3.63, 3.8) is 0 Å². The Labute approximate surface area is 445 Å². The van der Waals surface area contributed by atoms with Crippen LogP contribution >= 0.6 is 11.8 Å². The summed E-state index contributed by atoms with van der Waals surface area (Å²) < 4.78 is 6.59. The number of fused-ring (bicyclic) bond motifs is 4. The van der Waals surface area contributed by atoms with Crippen LogP contribution in [0.15, 0.2) is 277 Å². The SMILES string of the molecule is c1ccc(-c2cc(-c3ccccc3)nc(-c3cc(-c4cc(-c5nc(-c6ccccc6)cc(-c6ccccc6)n5)cc(N5c6ccccc6Sc6ccccc65)c4)cc(N4c5ccccc5Oc5ccccc54)c3)n2)cc1. The zero-order chi connectivity index (χ0) is 50.4. The topological polar surface area (TPSA) is 67.3 Å². The van der Waals surface area contributed by atoms with Crippen LogP contribution in [0.3, 0.4) is 0 Å². The van der Waals surface area contributed by atoms with E-state index in [0.29, 0.717) is 11.6 Å². The van der Waals surface area contributed by atoms with Crippen LogP contribution in [0.5, 0.6) is 11.5 Å². The third-order valence-corrected chi connectivity index (χ3v) is 14.9. The van der Waals surface area contributed by atoms with Gasteiger partial charge in [0.2, 0.25) is 0 Å². The molecule has 4 heterocycles. The standard InChI is InChI=1S/C68H44N6OS/c1-5-21-45(22-6-1)55-43-56(46-23-7-2-8-24-46)70-67(69-55)51-37-49(39-53(41-51)73-59-29-13-17-33-63(59)75-64-34-18-14-30-60(64)73)50-38-52(42-54(40-50)74-61-31-15-19-35-65(61)76-66-36-20-16-32-62(66)74)68-71-57(47-25-9-3-10-26-47)44-58(72-68)48-27-11-4-12-28-48/h1-44H. The maximum Gasteiger partial charge on any atom is 0.160 e. The Kier molecular flexibility index (Phi) is 11.3. The molecule has 10 aromatic carbocycles. The van der Waals surface area contributed by atoms with Gasteiger partial charge >= 0.3 is 0 Å². The van der Waals surface area contributed by atoms with E-state index in [2.05, 4.69) is 228 Å². The Hall–Kier alpha value is -9.89. The number of nitrogens with zero attached hydrogens (tertiary/aromatic N) is 6. The first kappa shape index (κ1) is 44.8. The van der Waals surface area contributed by atoms with Gasteiger partial charge in [0.05, 0.1) is 45.5 Å². The molecular formula is C68H44N6OS. The number of benzene rings is 10. The van der Waals surface area contributed by atoms with Gasteiger partial charge in [-0.1, -0.05) is 182 Å². The molecule has 0 amide bonds. The quantitative estimate of drug-likeness (QED) is 0.142. The van der Waals surface area contributed by atoms with E-state index in [-0.39, 0.29) is 0 Å². The normalized spacial score (nSPS) is 12.2. The van der Waals surface area contributed by atoms with Gasteiger partial charge in [0.15, 0.2) is 23.1 Å². The molecule has 12 aromatic rings. The zero-order valence-electron chi connectivity index (χ0n) is 40.9. The third-order valence-electron chi connectivity index (χ3n) is 13.8. The molecule has 2 aliphatic heterocycles. The van der Waals surface area contributed by atoms with Crippen molar-refractivity contribution in [1.29, 1.82) is 0 Å². The Balaban J connectivity index is 1.05. The Morgan fingerprint density at radius 3 is 0.947 bits per heavy atom. The van der Waals surface area contributed by atoms with Crippen LogP contribution in [0.4, 0.5) is 34.1 Å². The van der Waals surface area contributed by atoms with Crippen LogP contribution in [0.1, 0.15) is 0 Å². The number of anilines is 6. The minimum Gasteiger partial charge on any atom is -0.453 e. The van der Waals surface area contributed by atoms with Crippen molar-refractivity contribution in [2.45, 2.75) is 9.79 Å². The van der Waals surface area contributed by atoms with Gasteiger partial charge in [-0.25, -0.2) is 19.9 Å². The van der Waals surface area contributed by atoms with Gasteiger partial charge in [-0.3, -0.25) is 0 Å². The van der Waals surface area contributed by atoms with Crippen LogP contribution in [0.2, 0.25) is 0 Å². The second-order valence-electron chi connectivity index (χ2n) is 18.7. The van der Waals surface area contributed by atoms with Crippen molar-refractivity contribution in [1.82, 2.24) is 19.9 Å². The summed E-state index contributed by atoms with van der Waals surface area (Å²) in [6.45, 7) is 0. The van der Waals surface area contributed by atoms with Crippen LogP contribution < -0.4 is 14.5 Å². The fourth-order valence-corrected chi connectivity index (χ4v) is 11.3. The van der Waals surface area contributed by atoms with E-state index in [4.69, 9.17) is 24.7 Å². The Bertz CT molecular complexity index is 3660. The molecule has 14 rings (SSSR count). The second kappa shape index (κ2) is 19.2. The molecule has 0 atom stereocenters. The maximum atomic E-state index is 6.59. The first-order chi connectivity index (χ1) is 37.6. The lowest BCUT2D eigenvalue weighted by Gasteiger charge is -2.34. The molecule has 0 N–H and O–H groups in total. The lowest BCUT2D eigenvalue weighted by atomic mass is 9.96. The van der Waals surface area contributed by atoms with Gasteiger partial charge in [-0.15, -0.1) is 0 Å². The van der Waals surface area contributed by atoms with E-state index in [9.17, 15) is 0 Å². The van der Waals surface area contributed by atoms with Crippen molar-refractivity contribution < 1.29 is 4.74 Å². The van der Waals surface area contributed by atoms with Crippen molar-refractivity contribution in [3.8, 4) is 90.4 Å². The number of rotatable bonds is 9. The minimum absolute atomic E-state index is 0.594. The predicted molar refractivity (Wildman–Crippen MR) is 309 cm³/mol. The number of hydrogen-bond acceptors (Lipinski definition) is 8. The van der Waals surface area contributed by atoms with E-state index in [0.717, 1.165) is 113 Å². The molecule has 0 fully saturated rings. The highest BCUT2D eigenvalue weighted by atomic mass is 32.2. The lowest BCUT2D eigenvalue weighted by Crippen LogP contribution is -2.16. The Morgan fingerprint density at radius 2 is 0.566 bits per heavy atom. The monoisotopic (exact) mass is 992 g/mol. The molecule has 358 valence electrons. The molecule has 76 heavy (non-hydrogen) atoms.